The van der Waals surface area contributed by atoms with Crippen molar-refractivity contribution in [1.82, 2.24) is 9.97 Å². The lowest BCUT2D eigenvalue weighted by atomic mass is 10.2. The van der Waals surface area contributed by atoms with Gasteiger partial charge in [0.2, 0.25) is 5.89 Å². The number of alkyl halides is 3. The predicted molar refractivity (Wildman–Crippen MR) is 100 cm³/mol. The number of halogens is 3. The number of nitrogens with zero attached hydrogens (tertiary/aromatic N) is 2. The van der Waals surface area contributed by atoms with E-state index in [1.54, 1.807) is 42.5 Å². The molecule has 0 saturated carbocycles. The topological polar surface area (TPSA) is 74.5 Å². The summed E-state index contributed by atoms with van der Waals surface area (Å²) in [7, 11) is 0. The van der Waals surface area contributed by atoms with E-state index in [0.717, 1.165) is 12.3 Å². The molecule has 0 aliphatic carbocycles. The molecule has 0 spiro atoms. The first-order valence-corrected chi connectivity index (χ1v) is 8.68. The Morgan fingerprint density at radius 1 is 0.967 bits per heavy atom. The molecule has 0 unspecified atom stereocenters. The van der Waals surface area contributed by atoms with Crippen LogP contribution in [-0.4, -0.2) is 15.9 Å². The molecule has 30 heavy (non-hydrogen) atoms. The molecule has 0 atom stereocenters. The van der Waals surface area contributed by atoms with Crippen LogP contribution in [0, 0.1) is 0 Å². The SMILES string of the molecule is CC(=O)Oc1ccc(-c2nc3ccc(Oc4ccc(C(F)(F)F)nc4)cc3o2)cc1. The third-order valence-corrected chi connectivity index (χ3v) is 3.99. The fourth-order valence-electron chi connectivity index (χ4n) is 2.67. The first-order valence-electron chi connectivity index (χ1n) is 8.68. The number of fused-ring (bicyclic) bond motifs is 1. The molecule has 0 fully saturated rings. The van der Waals surface area contributed by atoms with Crippen LogP contribution in [0.4, 0.5) is 13.2 Å². The lowest BCUT2D eigenvalue weighted by molar-refractivity contribution is -0.141. The molecule has 0 bridgehead atoms. The molecular formula is C21H13F3N2O4. The van der Waals surface area contributed by atoms with Crippen molar-refractivity contribution in [3.8, 4) is 28.7 Å². The highest BCUT2D eigenvalue weighted by Gasteiger charge is 2.32. The number of oxazole rings is 1. The van der Waals surface area contributed by atoms with Gasteiger partial charge in [0.15, 0.2) is 5.58 Å². The van der Waals surface area contributed by atoms with Crippen LogP contribution in [0.1, 0.15) is 12.6 Å². The van der Waals surface area contributed by atoms with Crippen LogP contribution in [0.5, 0.6) is 17.2 Å². The minimum absolute atomic E-state index is 0.156. The quantitative estimate of drug-likeness (QED) is 0.318. The second-order valence-corrected chi connectivity index (χ2v) is 6.25. The number of rotatable bonds is 4. The molecule has 4 rings (SSSR count). The van der Waals surface area contributed by atoms with E-state index in [0.29, 0.717) is 34.1 Å². The standard InChI is InChI=1S/C21H13F3N2O4/c1-12(27)28-14-4-2-13(3-5-14)20-26-17-8-6-15(10-18(17)30-20)29-16-7-9-19(25-11-16)21(22,23)24/h2-11H,1H3. The van der Waals surface area contributed by atoms with Gasteiger partial charge in [0.1, 0.15) is 28.5 Å². The second-order valence-electron chi connectivity index (χ2n) is 6.25. The lowest BCUT2D eigenvalue weighted by Gasteiger charge is -2.07. The molecular weight excluding hydrogens is 401 g/mol. The predicted octanol–water partition coefficient (Wildman–Crippen LogP) is 5.63. The van der Waals surface area contributed by atoms with Gasteiger partial charge in [0.25, 0.3) is 0 Å². The number of pyridine rings is 1. The van der Waals surface area contributed by atoms with Crippen molar-refractivity contribution >= 4 is 17.1 Å². The maximum absolute atomic E-state index is 12.6. The fourth-order valence-corrected chi connectivity index (χ4v) is 2.67. The smallest absolute Gasteiger partial charge is 0.433 e. The Balaban J connectivity index is 1.54. The third kappa shape index (κ3) is 4.24. The van der Waals surface area contributed by atoms with E-state index in [9.17, 15) is 18.0 Å². The van der Waals surface area contributed by atoms with Crippen LogP contribution >= 0.6 is 0 Å². The highest BCUT2D eigenvalue weighted by Crippen LogP contribution is 2.32. The van der Waals surface area contributed by atoms with E-state index in [-0.39, 0.29) is 5.75 Å². The molecule has 2 heterocycles. The number of benzene rings is 2. The van der Waals surface area contributed by atoms with Crippen LogP contribution in [0.2, 0.25) is 0 Å². The van der Waals surface area contributed by atoms with E-state index in [2.05, 4.69) is 9.97 Å². The minimum Gasteiger partial charge on any atom is -0.456 e. The summed E-state index contributed by atoms with van der Waals surface area (Å²) in [6.07, 6.45) is -3.51. The Morgan fingerprint density at radius 3 is 2.30 bits per heavy atom. The first kappa shape index (κ1) is 19.4. The first-order chi connectivity index (χ1) is 14.3. The van der Waals surface area contributed by atoms with Crippen molar-refractivity contribution in [3.63, 3.8) is 0 Å². The third-order valence-electron chi connectivity index (χ3n) is 3.99. The lowest BCUT2D eigenvalue weighted by Crippen LogP contribution is -2.07. The Labute approximate surface area is 167 Å². The zero-order chi connectivity index (χ0) is 21.3. The van der Waals surface area contributed by atoms with Crippen molar-refractivity contribution in [1.29, 1.82) is 0 Å². The van der Waals surface area contributed by atoms with E-state index < -0.39 is 17.8 Å². The van der Waals surface area contributed by atoms with Gasteiger partial charge in [0.05, 0.1) is 6.20 Å². The summed E-state index contributed by atoms with van der Waals surface area (Å²) in [5.41, 5.74) is 0.694. The number of esters is 1. The van der Waals surface area contributed by atoms with Gasteiger partial charge in [-0.3, -0.25) is 4.79 Å². The molecule has 9 heteroatoms. The maximum Gasteiger partial charge on any atom is 0.433 e. The zero-order valence-electron chi connectivity index (χ0n) is 15.4. The minimum atomic E-state index is -4.51. The van der Waals surface area contributed by atoms with Gasteiger partial charge in [-0.25, -0.2) is 9.97 Å². The molecule has 152 valence electrons. The molecule has 0 amide bonds. The summed E-state index contributed by atoms with van der Waals surface area (Å²) in [6, 6.07) is 13.6. The Morgan fingerprint density at radius 2 is 1.67 bits per heavy atom. The number of carbonyl (C=O) groups is 1. The molecule has 0 N–H and O–H groups in total. The van der Waals surface area contributed by atoms with Crippen LogP contribution in [0.3, 0.4) is 0 Å². The fraction of sp³-hybridized carbons (Fsp3) is 0.0952. The normalized spacial score (nSPS) is 11.5. The number of hydrogen-bond acceptors (Lipinski definition) is 6. The van der Waals surface area contributed by atoms with Gasteiger partial charge in [-0.05, 0) is 48.5 Å². The number of aromatic nitrogens is 2. The Hall–Kier alpha value is -3.88. The highest BCUT2D eigenvalue weighted by molar-refractivity contribution is 5.78. The van der Waals surface area contributed by atoms with Gasteiger partial charge in [-0.1, -0.05) is 0 Å². The summed E-state index contributed by atoms with van der Waals surface area (Å²) in [4.78, 5) is 18.7. The van der Waals surface area contributed by atoms with Crippen molar-refractivity contribution < 1.29 is 31.9 Å². The van der Waals surface area contributed by atoms with E-state index in [1.807, 2.05) is 0 Å². The highest BCUT2D eigenvalue weighted by atomic mass is 19.4. The Bertz CT molecular complexity index is 1200. The molecule has 0 aliphatic heterocycles. The summed E-state index contributed by atoms with van der Waals surface area (Å²) < 4.78 is 54.1. The van der Waals surface area contributed by atoms with Gasteiger partial charge in [-0.15, -0.1) is 0 Å². The van der Waals surface area contributed by atoms with Crippen LogP contribution in [0.15, 0.2) is 65.2 Å². The van der Waals surface area contributed by atoms with Gasteiger partial charge in [-0.2, -0.15) is 13.2 Å². The number of carbonyl (C=O) groups excluding carboxylic acids is 1. The molecule has 0 radical (unpaired) electrons. The van der Waals surface area contributed by atoms with Gasteiger partial charge in [0, 0.05) is 18.6 Å². The number of ether oxygens (including phenoxy) is 2. The van der Waals surface area contributed by atoms with Crippen LogP contribution < -0.4 is 9.47 Å². The van der Waals surface area contributed by atoms with Crippen molar-refractivity contribution in [3.05, 3.63) is 66.5 Å². The second kappa shape index (κ2) is 7.51. The van der Waals surface area contributed by atoms with Gasteiger partial charge < -0.3 is 13.9 Å². The monoisotopic (exact) mass is 414 g/mol. The van der Waals surface area contributed by atoms with Crippen LogP contribution in [0.25, 0.3) is 22.6 Å². The average Bonchev–Trinajstić information content (AvgIpc) is 3.11. The van der Waals surface area contributed by atoms with Crippen molar-refractivity contribution in [2.75, 3.05) is 0 Å². The largest absolute Gasteiger partial charge is 0.456 e. The van der Waals surface area contributed by atoms with Crippen molar-refractivity contribution in [2.45, 2.75) is 13.1 Å². The van der Waals surface area contributed by atoms with Crippen molar-refractivity contribution in [2.24, 2.45) is 0 Å². The molecule has 2 aromatic heterocycles. The summed E-state index contributed by atoms with van der Waals surface area (Å²) in [6.45, 7) is 1.31. The average molecular weight is 414 g/mol. The van der Waals surface area contributed by atoms with Crippen LogP contribution in [-0.2, 0) is 11.0 Å². The summed E-state index contributed by atoms with van der Waals surface area (Å²) in [5, 5.41) is 0. The number of hydrogen-bond donors (Lipinski definition) is 0. The van der Waals surface area contributed by atoms with Gasteiger partial charge >= 0.3 is 12.1 Å². The molecule has 0 aliphatic rings. The maximum atomic E-state index is 12.6. The zero-order valence-corrected chi connectivity index (χ0v) is 15.4. The molecule has 2 aromatic carbocycles. The Kier molecular flexibility index (Phi) is 4.86. The van der Waals surface area contributed by atoms with E-state index in [4.69, 9.17) is 13.9 Å². The summed E-state index contributed by atoms with van der Waals surface area (Å²) >= 11 is 0. The molecule has 4 aromatic rings. The van der Waals surface area contributed by atoms with E-state index >= 15 is 0 Å². The van der Waals surface area contributed by atoms with E-state index in [1.165, 1.54) is 13.0 Å². The summed E-state index contributed by atoms with van der Waals surface area (Å²) in [5.74, 6) is 0.858. The molecule has 0 saturated heterocycles. The molecule has 6 nitrogen and oxygen atoms in total.